The first kappa shape index (κ1) is 11.5. The molecule has 0 rings (SSSR count). The van der Waals surface area contributed by atoms with Crippen molar-refractivity contribution in [1.82, 2.24) is 0 Å². The number of aliphatic carboxylic acids is 1. The fourth-order valence-corrected chi connectivity index (χ4v) is 1.93. The van der Waals surface area contributed by atoms with Gasteiger partial charge in [-0.2, -0.15) is 0 Å². The van der Waals surface area contributed by atoms with E-state index in [4.69, 9.17) is 16.2 Å². The summed E-state index contributed by atoms with van der Waals surface area (Å²) in [4.78, 5) is 10.1. The monoisotopic (exact) mass is 238 g/mol. The Balaban J connectivity index is 3.01. The minimum atomic E-state index is -0.730. The van der Waals surface area contributed by atoms with E-state index in [2.05, 4.69) is 0 Å². The molecule has 0 unspecified atom stereocenters. The van der Waals surface area contributed by atoms with Crippen LogP contribution in [0.2, 0.25) is 5.32 Å². The van der Waals surface area contributed by atoms with Crippen LogP contribution in [0.15, 0.2) is 0 Å². The average molecular weight is 237 g/mol. The second-order valence-electron chi connectivity index (χ2n) is 2.42. The Labute approximate surface area is 78.2 Å². The van der Waals surface area contributed by atoms with Crippen LogP contribution in [-0.2, 0) is 4.79 Å². The van der Waals surface area contributed by atoms with Crippen LogP contribution in [0.4, 0.5) is 0 Å². The average Bonchev–Trinajstić information content (AvgIpc) is 1.95. The number of unbranched alkanes of at least 4 members (excludes halogenated alkanes) is 2. The van der Waals surface area contributed by atoms with Crippen molar-refractivity contribution in [3.05, 3.63) is 0 Å². The van der Waals surface area contributed by atoms with E-state index in [1.165, 1.54) is 0 Å². The van der Waals surface area contributed by atoms with E-state index in [1.807, 2.05) is 0 Å². The van der Waals surface area contributed by atoms with Crippen LogP contribution in [0.1, 0.15) is 25.7 Å². The number of hydrogen-bond donors (Lipinski definition) is 3. The molecule has 5 heteroatoms. The topological polar surface area (TPSA) is 87.2 Å². The molecule has 0 fully saturated rings. The molecule has 0 aliphatic heterocycles. The molecule has 0 aliphatic carbocycles. The van der Waals surface area contributed by atoms with Gasteiger partial charge in [-0.3, -0.25) is 0 Å². The van der Waals surface area contributed by atoms with Gasteiger partial charge in [-0.1, -0.05) is 0 Å². The van der Waals surface area contributed by atoms with Crippen LogP contribution in [0.3, 0.4) is 0 Å². The summed E-state index contributed by atoms with van der Waals surface area (Å²) in [6.07, 6.45) is 2.92. The van der Waals surface area contributed by atoms with Crippen LogP contribution < -0.4 is 5.73 Å². The Morgan fingerprint density at radius 3 is 2.58 bits per heavy atom. The zero-order valence-corrected chi connectivity index (χ0v) is 8.59. The quantitative estimate of drug-likeness (QED) is 0.263. The molecular formula is C7H14N2O2Se. The molecule has 0 saturated carbocycles. The standard InChI is InChI=1S/C7H14N2O2Se/c8-7(9)12-5-3-1-2-4-6(10)11/h1-5H2,(H3,8,9)(H,10,11). The molecule has 0 aromatic carbocycles. The predicted molar refractivity (Wildman–Crippen MR) is 48.6 cm³/mol. The van der Waals surface area contributed by atoms with Crippen LogP contribution in [0.25, 0.3) is 0 Å². The molecule has 0 amide bonds. The van der Waals surface area contributed by atoms with Crippen molar-refractivity contribution in [2.24, 2.45) is 5.73 Å². The van der Waals surface area contributed by atoms with Crippen LogP contribution in [0.5, 0.6) is 0 Å². The second kappa shape index (κ2) is 7.13. The first-order valence-electron chi connectivity index (χ1n) is 3.81. The van der Waals surface area contributed by atoms with Gasteiger partial charge in [-0.05, 0) is 0 Å². The molecule has 0 bridgehead atoms. The van der Waals surface area contributed by atoms with E-state index < -0.39 is 5.97 Å². The number of carbonyl (C=O) groups is 1. The fraction of sp³-hybridized carbons (Fsp3) is 0.714. The van der Waals surface area contributed by atoms with Crippen molar-refractivity contribution < 1.29 is 9.90 Å². The number of nitrogens with two attached hydrogens (primary N) is 1. The molecule has 12 heavy (non-hydrogen) atoms. The Kier molecular flexibility index (Phi) is 6.81. The maximum absolute atomic E-state index is 10.1. The Hall–Kier alpha value is -0.541. The van der Waals surface area contributed by atoms with Crippen molar-refractivity contribution in [1.29, 1.82) is 5.41 Å². The van der Waals surface area contributed by atoms with Gasteiger partial charge in [0.2, 0.25) is 0 Å². The van der Waals surface area contributed by atoms with Crippen molar-refractivity contribution in [3.8, 4) is 0 Å². The van der Waals surface area contributed by atoms with Gasteiger partial charge in [-0.15, -0.1) is 0 Å². The summed E-state index contributed by atoms with van der Waals surface area (Å²) >= 11 is 0.128. The second-order valence-corrected chi connectivity index (χ2v) is 4.80. The summed E-state index contributed by atoms with van der Waals surface area (Å²) in [5.41, 5.74) is 5.17. The summed E-state index contributed by atoms with van der Waals surface area (Å²) in [5, 5.41) is 16.2. The molecule has 0 aromatic heterocycles. The van der Waals surface area contributed by atoms with E-state index in [0.717, 1.165) is 24.6 Å². The molecule has 0 heterocycles. The third-order valence-corrected chi connectivity index (χ3v) is 2.98. The molecule has 0 spiro atoms. The van der Waals surface area contributed by atoms with Crippen LogP contribution in [-0.4, -0.2) is 30.8 Å². The SMILES string of the molecule is N=C(N)[Se]CCCCCC(=O)O. The summed E-state index contributed by atoms with van der Waals surface area (Å²) in [7, 11) is 0. The third kappa shape index (κ3) is 9.46. The van der Waals surface area contributed by atoms with Gasteiger partial charge < -0.3 is 0 Å². The van der Waals surface area contributed by atoms with Crippen molar-refractivity contribution in [3.63, 3.8) is 0 Å². The minimum absolute atomic E-state index is 0.128. The van der Waals surface area contributed by atoms with Gasteiger partial charge in [0.05, 0.1) is 0 Å². The van der Waals surface area contributed by atoms with Crippen molar-refractivity contribution in [2.45, 2.75) is 31.0 Å². The number of amidine groups is 1. The predicted octanol–water partition coefficient (Wildman–Crippen LogP) is 0.647. The number of nitrogens with one attached hydrogen (secondary N) is 1. The number of carboxylic acids is 1. The van der Waals surface area contributed by atoms with Gasteiger partial charge in [0.25, 0.3) is 0 Å². The molecule has 4 N–H and O–H groups in total. The van der Waals surface area contributed by atoms with E-state index in [0.29, 0.717) is 0 Å². The normalized spacial score (nSPS) is 9.67. The van der Waals surface area contributed by atoms with Crippen molar-refractivity contribution in [2.75, 3.05) is 0 Å². The third-order valence-electron chi connectivity index (χ3n) is 1.29. The molecule has 70 valence electrons. The summed E-state index contributed by atoms with van der Waals surface area (Å²) in [6.45, 7) is 0. The summed E-state index contributed by atoms with van der Waals surface area (Å²) in [6, 6.07) is 0. The zero-order chi connectivity index (χ0) is 9.40. The summed E-state index contributed by atoms with van der Waals surface area (Å²) < 4.78 is 0.278. The Bertz CT molecular complexity index is 143. The van der Waals surface area contributed by atoms with Gasteiger partial charge in [0.1, 0.15) is 0 Å². The van der Waals surface area contributed by atoms with Crippen molar-refractivity contribution >= 4 is 25.7 Å². The molecule has 0 aliphatic rings. The fourth-order valence-electron chi connectivity index (χ4n) is 0.737. The van der Waals surface area contributed by atoms with Gasteiger partial charge >= 0.3 is 77.7 Å². The Morgan fingerprint density at radius 1 is 1.42 bits per heavy atom. The molecule has 0 saturated heterocycles. The molecule has 4 nitrogen and oxygen atoms in total. The van der Waals surface area contributed by atoms with Crippen LogP contribution >= 0.6 is 0 Å². The van der Waals surface area contributed by atoms with Crippen LogP contribution in [0, 0.1) is 5.41 Å². The number of rotatable bonds is 7. The molecule has 0 radical (unpaired) electrons. The Morgan fingerprint density at radius 2 is 2.08 bits per heavy atom. The van der Waals surface area contributed by atoms with Gasteiger partial charge in [0, 0.05) is 0 Å². The molecule has 0 atom stereocenters. The first-order valence-corrected chi connectivity index (χ1v) is 5.88. The van der Waals surface area contributed by atoms with E-state index in [9.17, 15) is 4.79 Å². The van der Waals surface area contributed by atoms with E-state index >= 15 is 0 Å². The number of hydrogen-bond acceptors (Lipinski definition) is 2. The van der Waals surface area contributed by atoms with Gasteiger partial charge in [0.15, 0.2) is 0 Å². The zero-order valence-electron chi connectivity index (χ0n) is 6.88. The first-order chi connectivity index (χ1) is 5.63. The maximum atomic E-state index is 10.1. The summed E-state index contributed by atoms with van der Waals surface area (Å²) in [5.74, 6) is -0.730. The molecular weight excluding hydrogens is 223 g/mol. The van der Waals surface area contributed by atoms with Gasteiger partial charge in [-0.25, -0.2) is 0 Å². The van der Waals surface area contributed by atoms with E-state index in [-0.39, 0.29) is 26.1 Å². The number of carboxylic acid groups (broad SMARTS) is 1. The molecule has 0 aromatic rings. The van der Waals surface area contributed by atoms with E-state index in [1.54, 1.807) is 0 Å².